The molecule has 0 aliphatic carbocycles. The molecule has 0 bridgehead atoms. The van der Waals surface area contributed by atoms with E-state index in [1.807, 2.05) is 32.3 Å². The number of hydrogen-bond acceptors (Lipinski definition) is 4. The van der Waals surface area contributed by atoms with Gasteiger partial charge in [-0.15, -0.1) is 0 Å². The molecule has 0 radical (unpaired) electrons. The van der Waals surface area contributed by atoms with Crippen LogP contribution >= 0.6 is 0 Å². The topological polar surface area (TPSA) is 69.0 Å². The van der Waals surface area contributed by atoms with Gasteiger partial charge in [0.2, 0.25) is 5.91 Å². The smallest absolute Gasteiger partial charge is 0.226 e. The number of aryl methyl sites for hydroxylation is 1. The van der Waals surface area contributed by atoms with Crippen molar-refractivity contribution in [2.75, 3.05) is 6.61 Å². The van der Waals surface area contributed by atoms with Crippen LogP contribution < -0.4 is 5.32 Å². The van der Waals surface area contributed by atoms with Gasteiger partial charge in [-0.25, -0.2) is 0 Å². The predicted octanol–water partition coefficient (Wildman–Crippen LogP) is 1.77. The Kier molecular flexibility index (Phi) is 4.20. The first-order valence-electron chi connectivity index (χ1n) is 7.45. The lowest BCUT2D eigenvalue weighted by Gasteiger charge is -2.20. The molecule has 1 aliphatic rings. The molecule has 1 N–H and O–H groups in total. The maximum atomic E-state index is 12.6. The maximum absolute atomic E-state index is 12.6. The van der Waals surface area contributed by atoms with Crippen LogP contribution in [-0.4, -0.2) is 27.3 Å². The standard InChI is InChI=1S/C16H20N4O2/c1-11(12-4-3-6-17-8-12)19-16(21)14-5-7-22-15(14)13-9-18-20(2)10-13/h3-4,6,8-11,14-15H,5,7H2,1-2H3,(H,19,21)/t11-,14-,15+/m0/s1. The molecule has 0 spiro atoms. The molecule has 3 heterocycles. The summed E-state index contributed by atoms with van der Waals surface area (Å²) in [5, 5.41) is 7.22. The molecule has 3 atom stereocenters. The number of pyridine rings is 1. The summed E-state index contributed by atoms with van der Waals surface area (Å²) in [5.74, 6) is -0.161. The zero-order valence-electron chi connectivity index (χ0n) is 12.8. The van der Waals surface area contributed by atoms with Gasteiger partial charge < -0.3 is 10.1 Å². The first-order chi connectivity index (χ1) is 10.6. The highest BCUT2D eigenvalue weighted by Crippen LogP contribution is 2.34. The number of amides is 1. The van der Waals surface area contributed by atoms with Crippen LogP contribution in [0.25, 0.3) is 0 Å². The Morgan fingerprint density at radius 1 is 1.50 bits per heavy atom. The van der Waals surface area contributed by atoms with E-state index in [1.54, 1.807) is 23.3 Å². The van der Waals surface area contributed by atoms with Crippen LogP contribution in [0.3, 0.4) is 0 Å². The van der Waals surface area contributed by atoms with Gasteiger partial charge in [0.05, 0.1) is 24.3 Å². The number of nitrogens with zero attached hydrogens (tertiary/aromatic N) is 3. The van der Waals surface area contributed by atoms with Gasteiger partial charge in [0.15, 0.2) is 0 Å². The van der Waals surface area contributed by atoms with Gasteiger partial charge in [-0.2, -0.15) is 5.10 Å². The molecule has 22 heavy (non-hydrogen) atoms. The molecule has 6 heteroatoms. The molecule has 116 valence electrons. The molecule has 6 nitrogen and oxygen atoms in total. The van der Waals surface area contributed by atoms with Crippen molar-refractivity contribution in [1.29, 1.82) is 0 Å². The average molecular weight is 300 g/mol. The van der Waals surface area contributed by atoms with Gasteiger partial charge in [-0.3, -0.25) is 14.5 Å². The minimum absolute atomic E-state index is 0.0164. The molecular weight excluding hydrogens is 280 g/mol. The Morgan fingerprint density at radius 2 is 2.36 bits per heavy atom. The van der Waals surface area contributed by atoms with Crippen molar-refractivity contribution in [3.63, 3.8) is 0 Å². The van der Waals surface area contributed by atoms with E-state index in [9.17, 15) is 4.79 Å². The van der Waals surface area contributed by atoms with E-state index in [1.165, 1.54) is 0 Å². The summed E-state index contributed by atoms with van der Waals surface area (Å²) in [6.45, 7) is 2.56. The zero-order chi connectivity index (χ0) is 15.5. The lowest BCUT2D eigenvalue weighted by Crippen LogP contribution is -2.34. The molecule has 1 amide bonds. The lowest BCUT2D eigenvalue weighted by atomic mass is 9.96. The maximum Gasteiger partial charge on any atom is 0.226 e. The second-order valence-corrected chi connectivity index (χ2v) is 5.65. The van der Waals surface area contributed by atoms with E-state index in [4.69, 9.17) is 4.74 Å². The molecule has 2 aromatic heterocycles. The van der Waals surface area contributed by atoms with Crippen molar-refractivity contribution in [3.05, 3.63) is 48.0 Å². The summed E-state index contributed by atoms with van der Waals surface area (Å²) < 4.78 is 7.47. The third kappa shape index (κ3) is 3.01. The largest absolute Gasteiger partial charge is 0.373 e. The van der Waals surface area contributed by atoms with Crippen molar-refractivity contribution < 1.29 is 9.53 Å². The van der Waals surface area contributed by atoms with Crippen LogP contribution in [0.5, 0.6) is 0 Å². The average Bonchev–Trinajstić information content (AvgIpc) is 3.16. The molecule has 1 saturated heterocycles. The summed E-state index contributed by atoms with van der Waals surface area (Å²) in [6, 6.07) is 3.76. The van der Waals surface area contributed by atoms with E-state index in [2.05, 4.69) is 15.4 Å². The van der Waals surface area contributed by atoms with Crippen molar-refractivity contribution >= 4 is 5.91 Å². The first-order valence-corrected chi connectivity index (χ1v) is 7.45. The summed E-state index contributed by atoms with van der Waals surface area (Å²) in [7, 11) is 1.86. The summed E-state index contributed by atoms with van der Waals surface area (Å²) in [4.78, 5) is 16.7. The molecule has 1 aliphatic heterocycles. The number of ether oxygens (including phenoxy) is 1. The molecule has 0 aromatic carbocycles. The second kappa shape index (κ2) is 6.27. The van der Waals surface area contributed by atoms with Gasteiger partial charge in [-0.05, 0) is 25.0 Å². The highest BCUT2D eigenvalue weighted by atomic mass is 16.5. The van der Waals surface area contributed by atoms with Gasteiger partial charge in [-0.1, -0.05) is 6.07 Å². The monoisotopic (exact) mass is 300 g/mol. The molecule has 0 unspecified atom stereocenters. The minimum Gasteiger partial charge on any atom is -0.373 e. The minimum atomic E-state index is -0.213. The third-order valence-electron chi connectivity index (χ3n) is 4.03. The van der Waals surface area contributed by atoms with E-state index in [-0.39, 0.29) is 24.0 Å². The van der Waals surface area contributed by atoms with Crippen LogP contribution in [0.2, 0.25) is 0 Å². The Balaban J connectivity index is 1.69. The zero-order valence-corrected chi connectivity index (χ0v) is 12.8. The van der Waals surface area contributed by atoms with Gasteiger partial charge in [0.25, 0.3) is 0 Å². The van der Waals surface area contributed by atoms with Crippen molar-refractivity contribution in [2.24, 2.45) is 13.0 Å². The van der Waals surface area contributed by atoms with Crippen LogP contribution in [0.15, 0.2) is 36.9 Å². The van der Waals surface area contributed by atoms with Gasteiger partial charge in [0, 0.05) is 37.8 Å². The van der Waals surface area contributed by atoms with Crippen molar-refractivity contribution in [3.8, 4) is 0 Å². The summed E-state index contributed by atoms with van der Waals surface area (Å²) >= 11 is 0. The molecule has 3 rings (SSSR count). The lowest BCUT2D eigenvalue weighted by molar-refractivity contribution is -0.127. The highest BCUT2D eigenvalue weighted by molar-refractivity contribution is 5.80. The molecule has 1 fully saturated rings. The first kappa shape index (κ1) is 14.7. The SMILES string of the molecule is C[C@H](NC(=O)[C@H]1CCO[C@@H]1c1cnn(C)c1)c1cccnc1. The number of nitrogens with one attached hydrogen (secondary N) is 1. The number of carbonyl (C=O) groups is 1. The number of rotatable bonds is 4. The van der Waals surface area contributed by atoms with Crippen molar-refractivity contribution in [2.45, 2.75) is 25.5 Å². The fourth-order valence-corrected chi connectivity index (χ4v) is 2.81. The van der Waals surface area contributed by atoms with E-state index < -0.39 is 0 Å². The Morgan fingerprint density at radius 3 is 3.05 bits per heavy atom. The van der Waals surface area contributed by atoms with Crippen LogP contribution in [-0.2, 0) is 16.6 Å². The highest BCUT2D eigenvalue weighted by Gasteiger charge is 2.36. The van der Waals surface area contributed by atoms with E-state index >= 15 is 0 Å². The predicted molar refractivity (Wildman–Crippen MR) is 80.8 cm³/mol. The summed E-state index contributed by atoms with van der Waals surface area (Å²) in [5.41, 5.74) is 1.95. The van der Waals surface area contributed by atoms with E-state index in [0.29, 0.717) is 6.61 Å². The Labute approximate surface area is 129 Å². The number of carbonyl (C=O) groups excluding carboxylic acids is 1. The van der Waals surface area contributed by atoms with Crippen LogP contribution in [0.4, 0.5) is 0 Å². The Hall–Kier alpha value is -2.21. The fraction of sp³-hybridized carbons (Fsp3) is 0.438. The normalized spacial score (nSPS) is 22.5. The second-order valence-electron chi connectivity index (χ2n) is 5.65. The van der Waals surface area contributed by atoms with Crippen molar-refractivity contribution in [1.82, 2.24) is 20.1 Å². The molecule has 2 aromatic rings. The van der Waals surface area contributed by atoms with Gasteiger partial charge >= 0.3 is 0 Å². The van der Waals surface area contributed by atoms with Gasteiger partial charge in [0.1, 0.15) is 0 Å². The van der Waals surface area contributed by atoms with E-state index in [0.717, 1.165) is 17.5 Å². The molecular formula is C16H20N4O2. The fourth-order valence-electron chi connectivity index (χ4n) is 2.81. The van der Waals surface area contributed by atoms with Crippen LogP contribution in [0.1, 0.15) is 36.6 Å². The number of hydrogen-bond donors (Lipinski definition) is 1. The third-order valence-corrected chi connectivity index (χ3v) is 4.03. The quantitative estimate of drug-likeness (QED) is 0.934. The van der Waals surface area contributed by atoms with Crippen LogP contribution in [0, 0.1) is 5.92 Å². The molecule has 0 saturated carbocycles. The Bertz CT molecular complexity index is 641. The number of aromatic nitrogens is 3. The summed E-state index contributed by atoms with van der Waals surface area (Å²) in [6.07, 6.45) is 7.68.